The van der Waals surface area contributed by atoms with Gasteiger partial charge in [-0.15, -0.1) is 0 Å². The van der Waals surface area contributed by atoms with E-state index in [0.29, 0.717) is 0 Å². The molecule has 0 fully saturated rings. The highest BCUT2D eigenvalue weighted by atomic mass is 19.4. The second kappa shape index (κ2) is 7.04. The summed E-state index contributed by atoms with van der Waals surface area (Å²) in [5.74, 6) is -23.3. The predicted octanol–water partition coefficient (Wildman–Crippen LogP) is 5.23. The van der Waals surface area contributed by atoms with Crippen molar-refractivity contribution in [3.05, 3.63) is 12.2 Å². The van der Waals surface area contributed by atoms with Gasteiger partial charge in [0.25, 0.3) is 0 Å². The number of rotatable bonds is 7. The lowest BCUT2D eigenvalue weighted by molar-refractivity contribution is -0.445. The van der Waals surface area contributed by atoms with Gasteiger partial charge in [0.2, 0.25) is 0 Å². The Morgan fingerprint density at radius 3 is 1.44 bits per heavy atom. The number of halogens is 13. The number of hydrogen-bond acceptors (Lipinski definition) is 2. The van der Waals surface area contributed by atoms with Crippen molar-refractivity contribution in [3.8, 4) is 0 Å². The lowest BCUT2D eigenvalue weighted by atomic mass is 9.87. The Kier molecular flexibility index (Phi) is 6.59. The van der Waals surface area contributed by atoms with Crippen molar-refractivity contribution in [1.29, 1.82) is 0 Å². The van der Waals surface area contributed by atoms with Crippen LogP contribution >= 0.6 is 0 Å². The van der Waals surface area contributed by atoms with Gasteiger partial charge in [-0.25, -0.2) is 9.18 Å². The topological polar surface area (TPSA) is 26.3 Å². The Balaban J connectivity index is 5.99. The van der Waals surface area contributed by atoms with Gasteiger partial charge in [-0.05, 0) is 6.92 Å². The first-order valence-electron chi connectivity index (χ1n) is 6.36. The first-order chi connectivity index (χ1) is 11.6. The Labute approximate surface area is 141 Å². The van der Waals surface area contributed by atoms with Crippen molar-refractivity contribution in [1.82, 2.24) is 0 Å². The van der Waals surface area contributed by atoms with Crippen LogP contribution in [0.1, 0.15) is 13.3 Å². The maximum absolute atomic E-state index is 13.3. The van der Waals surface area contributed by atoms with Gasteiger partial charge in [-0.1, -0.05) is 6.58 Å². The lowest BCUT2D eigenvalue weighted by Crippen LogP contribution is -2.73. The van der Waals surface area contributed by atoms with Crippen molar-refractivity contribution >= 4 is 5.97 Å². The fourth-order valence-electron chi connectivity index (χ4n) is 1.51. The molecule has 0 unspecified atom stereocenters. The molecule has 0 heterocycles. The molecule has 0 aliphatic heterocycles. The zero-order valence-corrected chi connectivity index (χ0v) is 12.9. The summed E-state index contributed by atoms with van der Waals surface area (Å²) in [7, 11) is 0. The first-order valence-corrected chi connectivity index (χ1v) is 6.36. The molecule has 0 bridgehead atoms. The number of hydrogen-bond donors (Lipinski definition) is 0. The van der Waals surface area contributed by atoms with Crippen LogP contribution in [0.2, 0.25) is 0 Å². The standard InChI is InChI=1S/C12H9F13O2/c1-5(2)6(26)27-4-3-7(13,14)9(16,17)10(18,19)8(15,11(20,21)22)12(23,24)25/h1,3-4H2,2H3. The van der Waals surface area contributed by atoms with Gasteiger partial charge in [0.1, 0.15) is 0 Å². The van der Waals surface area contributed by atoms with Crippen molar-refractivity contribution < 1.29 is 66.6 Å². The van der Waals surface area contributed by atoms with Crippen LogP contribution in [0.25, 0.3) is 0 Å². The number of ether oxygens (including phenoxy) is 1. The Hall–Kier alpha value is -1.70. The van der Waals surface area contributed by atoms with Crippen LogP contribution < -0.4 is 0 Å². The third-order valence-corrected chi connectivity index (χ3v) is 3.07. The molecule has 0 aromatic heterocycles. The molecule has 0 aliphatic carbocycles. The summed E-state index contributed by atoms with van der Waals surface area (Å²) in [6, 6.07) is 0. The number of carbonyl (C=O) groups excluding carboxylic acids is 1. The highest BCUT2D eigenvalue weighted by Crippen LogP contribution is 2.62. The minimum absolute atomic E-state index is 0.479. The van der Waals surface area contributed by atoms with E-state index in [1.165, 1.54) is 0 Å². The number of alkyl halides is 13. The molecule has 15 heteroatoms. The minimum atomic E-state index is -7.99. The molecule has 0 rings (SSSR count). The third kappa shape index (κ3) is 4.10. The summed E-state index contributed by atoms with van der Waals surface area (Å²) < 4.78 is 170. The zero-order valence-electron chi connectivity index (χ0n) is 12.9. The lowest BCUT2D eigenvalue weighted by Gasteiger charge is -2.41. The quantitative estimate of drug-likeness (QED) is 0.313. The van der Waals surface area contributed by atoms with Gasteiger partial charge in [0.15, 0.2) is 0 Å². The van der Waals surface area contributed by atoms with E-state index in [1.807, 2.05) is 0 Å². The molecule has 0 N–H and O–H groups in total. The van der Waals surface area contributed by atoms with E-state index < -0.39 is 60.4 Å². The van der Waals surface area contributed by atoms with Crippen LogP contribution in [-0.4, -0.2) is 48.4 Å². The first kappa shape index (κ1) is 25.3. The molecule has 2 nitrogen and oxygen atoms in total. The monoisotopic (exact) mass is 432 g/mol. The molecule has 0 saturated heterocycles. The Morgan fingerprint density at radius 2 is 1.15 bits per heavy atom. The molecule has 0 aromatic carbocycles. The second-order valence-corrected chi connectivity index (χ2v) is 5.17. The Morgan fingerprint density at radius 1 is 0.778 bits per heavy atom. The maximum Gasteiger partial charge on any atom is 0.438 e. The van der Waals surface area contributed by atoms with Gasteiger partial charge >= 0.3 is 41.8 Å². The molecule has 0 spiro atoms. The van der Waals surface area contributed by atoms with Crippen LogP contribution in [0.3, 0.4) is 0 Å². The predicted molar refractivity (Wildman–Crippen MR) is 61.2 cm³/mol. The summed E-state index contributed by atoms with van der Waals surface area (Å²) in [4.78, 5) is 10.8. The highest BCUT2D eigenvalue weighted by molar-refractivity contribution is 5.86. The maximum atomic E-state index is 13.3. The van der Waals surface area contributed by atoms with Crippen molar-refractivity contribution in [2.45, 2.75) is 49.1 Å². The average Bonchev–Trinajstić information content (AvgIpc) is 2.42. The molecular formula is C12H9F13O2. The van der Waals surface area contributed by atoms with Gasteiger partial charge in [0.05, 0.1) is 13.0 Å². The smallest absolute Gasteiger partial charge is 0.438 e. The van der Waals surface area contributed by atoms with E-state index in [4.69, 9.17) is 0 Å². The van der Waals surface area contributed by atoms with E-state index in [-0.39, 0.29) is 0 Å². The van der Waals surface area contributed by atoms with Crippen LogP contribution in [0.5, 0.6) is 0 Å². The summed E-state index contributed by atoms with van der Waals surface area (Å²) in [6.45, 7) is 2.03. The van der Waals surface area contributed by atoms with Crippen LogP contribution in [-0.2, 0) is 9.53 Å². The second-order valence-electron chi connectivity index (χ2n) is 5.17. The van der Waals surface area contributed by atoms with Gasteiger partial charge in [-0.3, -0.25) is 0 Å². The molecule has 27 heavy (non-hydrogen) atoms. The average molecular weight is 432 g/mol. The van der Waals surface area contributed by atoms with Crippen LogP contribution in [0, 0.1) is 0 Å². The summed E-state index contributed by atoms with van der Waals surface area (Å²) in [5, 5.41) is 0. The van der Waals surface area contributed by atoms with Crippen LogP contribution in [0.4, 0.5) is 57.1 Å². The SMILES string of the molecule is C=C(C)C(=O)OCCC(F)(F)C(F)(F)C(F)(F)C(F)(C(F)(F)F)C(F)(F)F. The molecule has 160 valence electrons. The highest BCUT2D eigenvalue weighted by Gasteiger charge is 2.93. The van der Waals surface area contributed by atoms with E-state index >= 15 is 0 Å². The fourth-order valence-corrected chi connectivity index (χ4v) is 1.51. The van der Waals surface area contributed by atoms with Crippen LogP contribution in [0.15, 0.2) is 12.2 Å². The summed E-state index contributed by atoms with van der Waals surface area (Å²) in [5.41, 5.74) is -8.47. The zero-order chi connectivity index (χ0) is 22.3. The third-order valence-electron chi connectivity index (χ3n) is 3.07. The molecule has 0 aromatic rings. The molecule has 0 radical (unpaired) electrons. The molecular weight excluding hydrogens is 423 g/mol. The van der Waals surface area contributed by atoms with E-state index in [9.17, 15) is 61.9 Å². The molecule has 0 atom stereocenters. The Bertz CT molecular complexity index is 559. The van der Waals surface area contributed by atoms with Gasteiger partial charge < -0.3 is 4.74 Å². The largest absolute Gasteiger partial charge is 0.462 e. The molecule has 0 amide bonds. The molecule has 0 aliphatic rings. The molecule has 0 saturated carbocycles. The van der Waals surface area contributed by atoms with Crippen molar-refractivity contribution in [2.75, 3.05) is 6.61 Å². The summed E-state index contributed by atoms with van der Waals surface area (Å²) >= 11 is 0. The fraction of sp³-hybridized carbons (Fsp3) is 0.750. The van der Waals surface area contributed by atoms with Crippen molar-refractivity contribution in [2.24, 2.45) is 0 Å². The minimum Gasteiger partial charge on any atom is -0.462 e. The normalized spacial score (nSPS) is 14.9. The number of carbonyl (C=O) groups is 1. The van der Waals surface area contributed by atoms with Crippen molar-refractivity contribution in [3.63, 3.8) is 0 Å². The van der Waals surface area contributed by atoms with Gasteiger partial charge in [0, 0.05) is 5.57 Å². The van der Waals surface area contributed by atoms with E-state index in [2.05, 4.69) is 11.3 Å². The van der Waals surface area contributed by atoms with E-state index in [0.717, 1.165) is 6.92 Å². The summed E-state index contributed by atoms with van der Waals surface area (Å²) in [6.07, 6.45) is -18.1. The number of esters is 1. The van der Waals surface area contributed by atoms with Gasteiger partial charge in [-0.2, -0.15) is 52.7 Å². The van der Waals surface area contributed by atoms with E-state index in [1.54, 1.807) is 0 Å².